The van der Waals surface area contributed by atoms with Crippen LogP contribution >= 0.6 is 0 Å². The number of carbonyl (C=O) groups is 1. The van der Waals surface area contributed by atoms with Gasteiger partial charge in [0, 0.05) is 23.9 Å². The maximum Gasteiger partial charge on any atom is 0.139 e. The van der Waals surface area contributed by atoms with Crippen molar-refractivity contribution >= 4 is 5.78 Å². The van der Waals surface area contributed by atoms with Crippen LogP contribution in [0.1, 0.15) is 150 Å². The Morgan fingerprint density at radius 1 is 0.667 bits per heavy atom. The maximum atomic E-state index is 13.5. The van der Waals surface area contributed by atoms with Gasteiger partial charge in [0.25, 0.3) is 0 Å². The molecule has 5 nitrogen and oxygen atoms in total. The van der Waals surface area contributed by atoms with Crippen molar-refractivity contribution in [1.82, 2.24) is 10.6 Å². The van der Waals surface area contributed by atoms with Crippen molar-refractivity contribution in [3.8, 4) is 11.5 Å². The summed E-state index contributed by atoms with van der Waals surface area (Å²) in [6, 6.07) is 9.38. The Labute approximate surface area is 293 Å². The first-order valence-electron chi connectivity index (χ1n) is 19.5. The Morgan fingerprint density at radius 2 is 1.04 bits per heavy atom. The van der Waals surface area contributed by atoms with Gasteiger partial charge in [0.15, 0.2) is 0 Å². The Balaban J connectivity index is 1.08. The highest BCUT2D eigenvalue weighted by atomic mass is 16.5. The minimum Gasteiger partial charge on any atom is -0.496 e. The topological polar surface area (TPSA) is 59.6 Å². The molecular formula is C43H68N2O3. The van der Waals surface area contributed by atoms with E-state index in [1.807, 2.05) is 0 Å². The lowest BCUT2D eigenvalue weighted by molar-refractivity contribution is -0.129. The van der Waals surface area contributed by atoms with E-state index < -0.39 is 0 Å². The average Bonchev–Trinajstić information content (AvgIpc) is 3.11. The fourth-order valence-electron chi connectivity index (χ4n) is 9.14. The molecule has 2 aromatic rings. The highest BCUT2D eigenvalue weighted by Gasteiger charge is 2.33. The molecule has 48 heavy (non-hydrogen) atoms. The van der Waals surface area contributed by atoms with Gasteiger partial charge in [0.05, 0.1) is 14.2 Å². The quantitative estimate of drug-likeness (QED) is 0.156. The van der Waals surface area contributed by atoms with E-state index in [9.17, 15) is 4.79 Å². The summed E-state index contributed by atoms with van der Waals surface area (Å²) in [6.45, 7) is 15.5. The third-order valence-corrected chi connectivity index (χ3v) is 12.3. The Hall–Kier alpha value is -2.37. The van der Waals surface area contributed by atoms with E-state index in [-0.39, 0.29) is 0 Å². The van der Waals surface area contributed by atoms with Crippen LogP contribution < -0.4 is 20.1 Å². The van der Waals surface area contributed by atoms with Gasteiger partial charge < -0.3 is 20.1 Å². The number of ether oxygens (including phenoxy) is 2. The van der Waals surface area contributed by atoms with Crippen LogP contribution in [0.4, 0.5) is 0 Å². The number of hydrogen-bond acceptors (Lipinski definition) is 5. The second kappa shape index (κ2) is 19.1. The first kappa shape index (κ1) is 38.4. The lowest BCUT2D eigenvalue weighted by atomic mass is 9.71. The van der Waals surface area contributed by atoms with E-state index in [1.54, 1.807) is 14.2 Å². The molecule has 0 amide bonds. The second-order valence-corrected chi connectivity index (χ2v) is 15.1. The van der Waals surface area contributed by atoms with E-state index in [4.69, 9.17) is 9.47 Å². The average molecular weight is 661 g/mol. The first-order valence-corrected chi connectivity index (χ1v) is 19.5. The Kier molecular flexibility index (Phi) is 15.3. The lowest BCUT2D eigenvalue weighted by Gasteiger charge is -2.33. The summed E-state index contributed by atoms with van der Waals surface area (Å²) in [5.41, 5.74) is 8.13. The van der Waals surface area contributed by atoms with Crippen molar-refractivity contribution in [2.75, 3.05) is 27.3 Å². The molecule has 2 unspecified atom stereocenters. The minimum absolute atomic E-state index is 0.326. The molecule has 0 saturated heterocycles. The van der Waals surface area contributed by atoms with E-state index >= 15 is 0 Å². The summed E-state index contributed by atoms with van der Waals surface area (Å²) in [6.07, 6.45) is 16.4. The zero-order chi connectivity index (χ0) is 34.6. The van der Waals surface area contributed by atoms with Crippen LogP contribution in [0.2, 0.25) is 0 Å². The van der Waals surface area contributed by atoms with Crippen molar-refractivity contribution < 1.29 is 14.3 Å². The van der Waals surface area contributed by atoms with Crippen molar-refractivity contribution in [3.63, 3.8) is 0 Å². The Morgan fingerprint density at radius 3 is 1.38 bits per heavy atom. The summed E-state index contributed by atoms with van der Waals surface area (Å²) in [4.78, 5) is 13.5. The zero-order valence-electron chi connectivity index (χ0n) is 31.8. The predicted octanol–water partition coefficient (Wildman–Crippen LogP) is 10.2. The predicted molar refractivity (Wildman–Crippen MR) is 201 cm³/mol. The van der Waals surface area contributed by atoms with Gasteiger partial charge in [-0.2, -0.15) is 0 Å². The molecule has 0 heterocycles. The van der Waals surface area contributed by atoms with E-state index in [0.717, 1.165) is 74.9 Å². The summed E-state index contributed by atoms with van der Waals surface area (Å²) in [5.74, 6) is 4.84. The molecule has 4 rings (SSSR count). The molecule has 2 aromatic carbocycles. The molecule has 2 aliphatic rings. The van der Waals surface area contributed by atoms with Crippen LogP contribution in [0.15, 0.2) is 24.3 Å². The molecule has 268 valence electrons. The number of hydrogen-bond donors (Lipinski definition) is 2. The molecule has 0 aromatic heterocycles. The van der Waals surface area contributed by atoms with Gasteiger partial charge >= 0.3 is 0 Å². The SMILES string of the molecule is CCc1c(OC)ccc(C(C)NCCCC2CCC(C(=O)C3CCC(CCCNC(C)c4ccc(OC)c(CC)c4C)CC3)CC2)c1C. The van der Waals surface area contributed by atoms with Crippen LogP contribution in [0, 0.1) is 37.5 Å². The van der Waals surface area contributed by atoms with Gasteiger partial charge in [-0.3, -0.25) is 4.79 Å². The molecule has 0 spiro atoms. The standard InChI is InChI=1S/C43H68N2O3/c1-9-37-29(3)39(23-25-41(37)47-7)31(5)44-27-11-13-33-15-19-35(20-16-33)43(46)36-21-17-34(18-22-36)14-12-28-45-32(6)40-24-26-42(48-8)38(10-2)30(40)4/h23-26,31-36,44-45H,9-22,27-28H2,1-8H3. The summed E-state index contributed by atoms with van der Waals surface area (Å²) >= 11 is 0. The van der Waals surface area contributed by atoms with Crippen molar-refractivity contribution in [2.24, 2.45) is 23.7 Å². The lowest BCUT2D eigenvalue weighted by Crippen LogP contribution is -2.30. The van der Waals surface area contributed by atoms with Gasteiger partial charge in [-0.25, -0.2) is 0 Å². The van der Waals surface area contributed by atoms with Crippen LogP contribution in [0.25, 0.3) is 0 Å². The molecule has 2 N–H and O–H groups in total. The van der Waals surface area contributed by atoms with Crippen LogP contribution in [0.3, 0.4) is 0 Å². The van der Waals surface area contributed by atoms with Crippen LogP contribution in [-0.4, -0.2) is 33.1 Å². The first-order chi connectivity index (χ1) is 23.2. The Bertz CT molecular complexity index is 1190. The molecule has 5 heteroatoms. The molecule has 0 radical (unpaired) electrons. The summed E-state index contributed by atoms with van der Waals surface area (Å²) < 4.78 is 11.2. The van der Waals surface area contributed by atoms with Crippen molar-refractivity contribution in [2.45, 2.75) is 144 Å². The van der Waals surface area contributed by atoms with Crippen LogP contribution in [0.5, 0.6) is 11.5 Å². The van der Waals surface area contributed by atoms with Gasteiger partial charge in [0.2, 0.25) is 0 Å². The fourth-order valence-corrected chi connectivity index (χ4v) is 9.14. The normalized spacial score (nSPS) is 22.7. The van der Waals surface area contributed by atoms with Crippen molar-refractivity contribution in [1.29, 1.82) is 0 Å². The van der Waals surface area contributed by atoms with Crippen LogP contribution in [-0.2, 0) is 17.6 Å². The van der Waals surface area contributed by atoms with E-state index in [2.05, 4.69) is 76.4 Å². The third kappa shape index (κ3) is 9.87. The minimum atomic E-state index is 0.326. The third-order valence-electron chi connectivity index (χ3n) is 12.3. The number of methoxy groups -OCH3 is 2. The highest BCUT2D eigenvalue weighted by Crippen LogP contribution is 2.38. The van der Waals surface area contributed by atoms with Gasteiger partial charge in [-0.05, 0) is 188 Å². The second-order valence-electron chi connectivity index (χ2n) is 15.1. The number of ketones is 1. The molecule has 2 aliphatic carbocycles. The van der Waals surface area contributed by atoms with Gasteiger partial charge in [-0.1, -0.05) is 26.0 Å². The smallest absolute Gasteiger partial charge is 0.139 e. The number of rotatable bonds is 18. The van der Waals surface area contributed by atoms with E-state index in [0.29, 0.717) is 29.7 Å². The molecule has 0 bridgehead atoms. The largest absolute Gasteiger partial charge is 0.496 e. The molecule has 2 fully saturated rings. The molecule has 2 saturated carbocycles. The number of nitrogens with one attached hydrogen (secondary N) is 2. The molecule has 0 aliphatic heterocycles. The summed E-state index contributed by atoms with van der Waals surface area (Å²) in [7, 11) is 3.53. The van der Waals surface area contributed by atoms with Gasteiger partial charge in [0.1, 0.15) is 17.3 Å². The fraction of sp³-hybridized carbons (Fsp3) is 0.698. The summed E-state index contributed by atoms with van der Waals surface area (Å²) in [5, 5.41) is 7.55. The number of Topliss-reactive ketones (excluding diaryl/α,β-unsaturated/α-hetero) is 1. The monoisotopic (exact) mass is 661 g/mol. The van der Waals surface area contributed by atoms with E-state index in [1.165, 1.54) is 84.7 Å². The highest BCUT2D eigenvalue weighted by molar-refractivity contribution is 5.83. The van der Waals surface area contributed by atoms with Crippen molar-refractivity contribution in [3.05, 3.63) is 57.6 Å². The molecular weight excluding hydrogens is 592 g/mol. The number of benzene rings is 2. The maximum absolute atomic E-state index is 13.5. The zero-order valence-corrected chi connectivity index (χ0v) is 31.8. The molecule has 2 atom stereocenters. The number of carbonyl (C=O) groups excluding carboxylic acids is 1. The van der Waals surface area contributed by atoms with Gasteiger partial charge in [-0.15, -0.1) is 0 Å².